The van der Waals surface area contributed by atoms with Crippen molar-refractivity contribution >= 4 is 38.5 Å². The maximum Gasteiger partial charge on any atom is 0.0520 e. The fourth-order valence-electron chi connectivity index (χ4n) is 2.26. The monoisotopic (exact) mass is 410 g/mol. The van der Waals surface area contributed by atoms with E-state index in [9.17, 15) is 0 Å². The molecule has 0 saturated carbocycles. The van der Waals surface area contributed by atoms with Gasteiger partial charge in [-0.15, -0.1) is 0 Å². The molecule has 2 unspecified atom stereocenters. The van der Waals surface area contributed by atoms with Crippen LogP contribution in [0.25, 0.3) is 0 Å². The Morgan fingerprint density at radius 1 is 1.53 bits per heavy atom. The third-order valence-electron chi connectivity index (χ3n) is 3.14. The predicted octanol–water partition coefficient (Wildman–Crippen LogP) is 2.98. The lowest BCUT2D eigenvalue weighted by Gasteiger charge is -2.30. The van der Waals surface area contributed by atoms with Gasteiger partial charge in [-0.05, 0) is 59.2 Å². The number of hydrogen-bond acceptors (Lipinski definition) is 3. The van der Waals surface area contributed by atoms with Crippen LogP contribution in [0.2, 0.25) is 0 Å². The number of nitrogens with two attached hydrogens (primary N) is 1. The minimum Gasteiger partial charge on any atom is -0.381 e. The molecule has 94 valence electrons. The summed E-state index contributed by atoms with van der Waals surface area (Å²) in [5.41, 5.74) is 4.20. The summed E-state index contributed by atoms with van der Waals surface area (Å²) in [5.74, 6) is 6.19. The van der Waals surface area contributed by atoms with Gasteiger partial charge in [0.25, 0.3) is 0 Å². The number of nitrogens with one attached hydrogen (secondary N) is 1. The molecule has 1 aliphatic heterocycles. The number of benzene rings is 1. The summed E-state index contributed by atoms with van der Waals surface area (Å²) in [4.78, 5) is 0. The van der Waals surface area contributed by atoms with Crippen molar-refractivity contribution in [2.75, 3.05) is 13.2 Å². The highest BCUT2D eigenvalue weighted by molar-refractivity contribution is 14.1. The molecule has 5 heteroatoms. The van der Waals surface area contributed by atoms with E-state index in [1.165, 1.54) is 9.13 Å². The van der Waals surface area contributed by atoms with Crippen molar-refractivity contribution in [3.8, 4) is 0 Å². The van der Waals surface area contributed by atoms with Crippen LogP contribution in [0.4, 0.5) is 0 Å². The zero-order chi connectivity index (χ0) is 12.3. The smallest absolute Gasteiger partial charge is 0.0520 e. The summed E-state index contributed by atoms with van der Waals surface area (Å²) < 4.78 is 7.87. The van der Waals surface area contributed by atoms with Crippen molar-refractivity contribution in [1.29, 1.82) is 0 Å². The third kappa shape index (κ3) is 3.41. The lowest BCUT2D eigenvalue weighted by atomic mass is 9.89. The summed E-state index contributed by atoms with van der Waals surface area (Å²) in [5, 5.41) is 0. The van der Waals surface area contributed by atoms with E-state index in [0.29, 0.717) is 5.92 Å². The Balaban J connectivity index is 2.24. The van der Waals surface area contributed by atoms with Crippen molar-refractivity contribution in [3.05, 3.63) is 31.8 Å². The Kier molecular flexibility index (Phi) is 5.23. The molecule has 0 aliphatic carbocycles. The molecule has 2 atom stereocenters. The summed E-state index contributed by atoms with van der Waals surface area (Å²) in [7, 11) is 0. The van der Waals surface area contributed by atoms with Gasteiger partial charge in [0.2, 0.25) is 0 Å². The molecule has 1 heterocycles. The van der Waals surface area contributed by atoms with Crippen LogP contribution in [-0.4, -0.2) is 13.2 Å². The Hall–Kier alpha value is 0.310. The lowest BCUT2D eigenvalue weighted by Crippen LogP contribution is -2.37. The molecule has 1 saturated heterocycles. The molecule has 0 spiro atoms. The third-order valence-corrected chi connectivity index (χ3v) is 4.62. The Morgan fingerprint density at radius 3 is 3.00 bits per heavy atom. The maximum absolute atomic E-state index is 5.73. The van der Waals surface area contributed by atoms with E-state index in [-0.39, 0.29) is 6.04 Å². The van der Waals surface area contributed by atoms with Crippen LogP contribution >= 0.6 is 38.5 Å². The van der Waals surface area contributed by atoms with Crippen molar-refractivity contribution in [2.45, 2.75) is 18.9 Å². The predicted molar refractivity (Wildman–Crippen MR) is 80.5 cm³/mol. The molecule has 2 rings (SSSR count). The molecule has 3 nitrogen and oxygen atoms in total. The molecule has 0 bridgehead atoms. The zero-order valence-corrected chi connectivity index (χ0v) is 13.2. The normalized spacial score (nSPS) is 22.4. The van der Waals surface area contributed by atoms with Crippen molar-refractivity contribution < 1.29 is 4.74 Å². The Labute approximate surface area is 124 Å². The minimum absolute atomic E-state index is 0.166. The van der Waals surface area contributed by atoms with Crippen molar-refractivity contribution in [3.63, 3.8) is 0 Å². The van der Waals surface area contributed by atoms with Crippen LogP contribution in [0.3, 0.4) is 0 Å². The molecular formula is C12H16BrIN2O. The van der Waals surface area contributed by atoms with E-state index in [4.69, 9.17) is 10.6 Å². The number of hydrazine groups is 1. The standard InChI is InChI=1S/C12H16BrIN2O/c13-9-3-4-11(14)10(6-9)12(16-15)8-2-1-5-17-7-8/h3-4,6,8,12,16H,1-2,5,7,15H2. The largest absolute Gasteiger partial charge is 0.381 e. The van der Waals surface area contributed by atoms with Gasteiger partial charge >= 0.3 is 0 Å². The number of rotatable bonds is 3. The van der Waals surface area contributed by atoms with Crippen LogP contribution in [0, 0.1) is 9.49 Å². The van der Waals surface area contributed by atoms with Gasteiger partial charge in [0.15, 0.2) is 0 Å². The first-order valence-corrected chi connectivity index (χ1v) is 7.58. The van der Waals surface area contributed by atoms with E-state index in [1.807, 2.05) is 0 Å². The average Bonchev–Trinajstić information content (AvgIpc) is 2.36. The van der Waals surface area contributed by atoms with Gasteiger partial charge < -0.3 is 4.74 Å². The molecule has 0 amide bonds. The molecular weight excluding hydrogens is 395 g/mol. The Morgan fingerprint density at radius 2 is 2.35 bits per heavy atom. The van der Waals surface area contributed by atoms with E-state index in [1.54, 1.807) is 0 Å². The number of halogens is 2. The van der Waals surface area contributed by atoms with Crippen LogP contribution in [0.15, 0.2) is 22.7 Å². The fourth-order valence-corrected chi connectivity index (χ4v) is 3.31. The van der Waals surface area contributed by atoms with Crippen LogP contribution < -0.4 is 11.3 Å². The quantitative estimate of drug-likeness (QED) is 0.457. The van der Waals surface area contributed by atoms with Gasteiger partial charge in [-0.1, -0.05) is 15.9 Å². The SMILES string of the molecule is NNC(c1cc(Br)ccc1I)C1CCCOC1. The van der Waals surface area contributed by atoms with Gasteiger partial charge in [0.05, 0.1) is 12.6 Å². The fraction of sp³-hybridized carbons (Fsp3) is 0.500. The van der Waals surface area contributed by atoms with Gasteiger partial charge in [-0.2, -0.15) is 0 Å². The Bertz CT molecular complexity index is 383. The highest BCUT2D eigenvalue weighted by atomic mass is 127. The zero-order valence-electron chi connectivity index (χ0n) is 9.46. The van der Waals surface area contributed by atoms with Crippen LogP contribution in [0.5, 0.6) is 0 Å². The molecule has 1 aliphatic rings. The molecule has 3 N–H and O–H groups in total. The van der Waals surface area contributed by atoms with Crippen molar-refractivity contribution in [2.24, 2.45) is 11.8 Å². The van der Waals surface area contributed by atoms with E-state index < -0.39 is 0 Å². The van der Waals surface area contributed by atoms with E-state index in [2.05, 4.69) is 62.1 Å². The molecule has 17 heavy (non-hydrogen) atoms. The van der Waals surface area contributed by atoms with Crippen LogP contribution in [-0.2, 0) is 4.74 Å². The van der Waals surface area contributed by atoms with Crippen molar-refractivity contribution in [1.82, 2.24) is 5.43 Å². The maximum atomic E-state index is 5.73. The molecule has 1 aromatic rings. The molecule has 1 fully saturated rings. The average molecular weight is 411 g/mol. The second kappa shape index (κ2) is 6.47. The van der Waals surface area contributed by atoms with Crippen LogP contribution in [0.1, 0.15) is 24.4 Å². The first-order chi connectivity index (χ1) is 8.22. The first kappa shape index (κ1) is 13.7. The second-order valence-corrected chi connectivity index (χ2v) is 6.37. The summed E-state index contributed by atoms with van der Waals surface area (Å²) in [6.07, 6.45) is 2.28. The van der Waals surface area contributed by atoms with Gasteiger partial charge in [-0.25, -0.2) is 0 Å². The van der Waals surface area contributed by atoms with E-state index in [0.717, 1.165) is 30.5 Å². The highest BCUT2D eigenvalue weighted by Gasteiger charge is 2.26. The van der Waals surface area contributed by atoms with Gasteiger partial charge in [-0.3, -0.25) is 11.3 Å². The molecule has 0 aromatic heterocycles. The molecule has 1 aromatic carbocycles. The minimum atomic E-state index is 0.166. The first-order valence-electron chi connectivity index (χ1n) is 5.71. The second-order valence-electron chi connectivity index (χ2n) is 4.29. The summed E-state index contributed by atoms with van der Waals surface area (Å²) in [6, 6.07) is 6.46. The topological polar surface area (TPSA) is 47.3 Å². The number of ether oxygens (including phenoxy) is 1. The molecule has 0 radical (unpaired) electrons. The lowest BCUT2D eigenvalue weighted by molar-refractivity contribution is 0.0389. The summed E-state index contributed by atoms with van der Waals surface area (Å²) >= 11 is 5.87. The van der Waals surface area contributed by atoms with E-state index >= 15 is 0 Å². The highest BCUT2D eigenvalue weighted by Crippen LogP contribution is 2.32. The van der Waals surface area contributed by atoms with Gasteiger partial charge in [0, 0.05) is 20.6 Å². The number of hydrogen-bond donors (Lipinski definition) is 2. The summed E-state index contributed by atoms with van der Waals surface area (Å²) in [6.45, 7) is 1.67. The van der Waals surface area contributed by atoms with Gasteiger partial charge in [0.1, 0.15) is 0 Å².